The van der Waals surface area contributed by atoms with Gasteiger partial charge in [0.2, 0.25) is 0 Å². The first-order valence-electron chi connectivity index (χ1n) is 4.16. The first-order chi connectivity index (χ1) is 6.95. The van der Waals surface area contributed by atoms with Gasteiger partial charge in [0.1, 0.15) is 0 Å². The fourth-order valence-electron chi connectivity index (χ4n) is 1.08. The number of esters is 1. The van der Waals surface area contributed by atoms with Crippen molar-refractivity contribution in [2.24, 2.45) is 0 Å². The van der Waals surface area contributed by atoms with Crippen molar-refractivity contribution >= 4 is 17.6 Å². The number of hydrogen-bond acceptors (Lipinski definition) is 2. The summed E-state index contributed by atoms with van der Waals surface area (Å²) in [6.45, 7) is 0. The van der Waals surface area contributed by atoms with Gasteiger partial charge in [-0.1, -0.05) is 23.7 Å². The summed E-state index contributed by atoms with van der Waals surface area (Å²) < 4.78 is 30.2. The molecule has 2 nitrogen and oxygen atoms in total. The predicted octanol–water partition coefficient (Wildman–Crippen LogP) is 2.69. The highest BCUT2D eigenvalue weighted by molar-refractivity contribution is 6.30. The molecule has 15 heavy (non-hydrogen) atoms. The molecule has 1 aromatic rings. The number of hydrogen-bond donors (Lipinski definition) is 0. The third-order valence-corrected chi connectivity index (χ3v) is 2.08. The highest BCUT2D eigenvalue weighted by Crippen LogP contribution is 2.22. The second-order valence-electron chi connectivity index (χ2n) is 3.00. The molecule has 0 unspecified atom stereocenters. The number of carbonyl (C=O) groups excluding carboxylic acids is 1. The van der Waals surface area contributed by atoms with E-state index in [1.165, 1.54) is 24.3 Å². The lowest BCUT2D eigenvalue weighted by molar-refractivity contribution is -0.168. The molecular formula is C10H9ClF2O2. The zero-order valence-corrected chi connectivity index (χ0v) is 8.72. The van der Waals surface area contributed by atoms with Crippen molar-refractivity contribution in [2.75, 3.05) is 7.11 Å². The maximum absolute atomic E-state index is 13.1. The Balaban J connectivity index is 2.77. The predicted molar refractivity (Wildman–Crippen MR) is 52.1 cm³/mol. The van der Waals surface area contributed by atoms with Crippen LogP contribution in [0, 0.1) is 0 Å². The van der Waals surface area contributed by atoms with E-state index in [1.807, 2.05) is 0 Å². The minimum Gasteiger partial charge on any atom is -0.465 e. The minimum absolute atomic E-state index is 0.329. The Morgan fingerprint density at radius 1 is 1.40 bits per heavy atom. The zero-order chi connectivity index (χ0) is 11.5. The largest absolute Gasteiger partial charge is 0.465 e. The van der Waals surface area contributed by atoms with Crippen molar-refractivity contribution in [3.63, 3.8) is 0 Å². The van der Waals surface area contributed by atoms with Gasteiger partial charge in [0.05, 0.1) is 7.11 Å². The zero-order valence-electron chi connectivity index (χ0n) is 7.97. The Morgan fingerprint density at radius 3 is 2.40 bits per heavy atom. The summed E-state index contributed by atoms with van der Waals surface area (Å²) >= 11 is 5.59. The fraction of sp³-hybridized carbons (Fsp3) is 0.300. The number of alkyl halides is 2. The van der Waals surface area contributed by atoms with Crippen LogP contribution in [0.1, 0.15) is 5.56 Å². The van der Waals surface area contributed by atoms with E-state index < -0.39 is 18.3 Å². The summed E-state index contributed by atoms with van der Waals surface area (Å²) in [5.41, 5.74) is 0.329. The molecule has 0 aliphatic heterocycles. The van der Waals surface area contributed by atoms with Crippen LogP contribution < -0.4 is 0 Å². The molecule has 0 saturated carbocycles. The first-order valence-corrected chi connectivity index (χ1v) is 4.54. The standard InChI is InChI=1S/C10H9ClF2O2/c1-15-9(14)10(12,13)6-7-2-4-8(11)5-3-7/h2-5H,6H2,1H3. The Bertz CT molecular complexity index is 349. The van der Waals surface area contributed by atoms with E-state index in [1.54, 1.807) is 0 Å². The first kappa shape index (κ1) is 11.9. The summed E-state index contributed by atoms with van der Waals surface area (Å²) in [6, 6.07) is 5.87. The highest BCUT2D eigenvalue weighted by atomic mass is 35.5. The number of ether oxygens (including phenoxy) is 1. The smallest absolute Gasteiger partial charge is 0.377 e. The fourth-order valence-corrected chi connectivity index (χ4v) is 1.21. The van der Waals surface area contributed by atoms with Crippen LogP contribution in [0.25, 0.3) is 0 Å². The monoisotopic (exact) mass is 234 g/mol. The molecule has 1 aromatic carbocycles. The van der Waals surface area contributed by atoms with E-state index in [0.29, 0.717) is 10.6 Å². The summed E-state index contributed by atoms with van der Waals surface area (Å²) in [7, 11) is 0.929. The van der Waals surface area contributed by atoms with Gasteiger partial charge >= 0.3 is 11.9 Å². The lowest BCUT2D eigenvalue weighted by atomic mass is 10.1. The summed E-state index contributed by atoms with van der Waals surface area (Å²) in [6.07, 6.45) is -0.684. The average Bonchev–Trinajstić information content (AvgIpc) is 2.20. The van der Waals surface area contributed by atoms with Gasteiger partial charge in [-0.2, -0.15) is 8.78 Å². The topological polar surface area (TPSA) is 26.3 Å². The van der Waals surface area contributed by atoms with Crippen LogP contribution in [-0.4, -0.2) is 19.0 Å². The molecule has 0 N–H and O–H groups in total. The minimum atomic E-state index is -3.50. The Hall–Kier alpha value is -1.16. The van der Waals surface area contributed by atoms with Gasteiger partial charge in [-0.15, -0.1) is 0 Å². The Morgan fingerprint density at radius 2 is 1.93 bits per heavy atom. The van der Waals surface area contributed by atoms with Crippen LogP contribution in [-0.2, 0) is 16.0 Å². The van der Waals surface area contributed by atoms with Gasteiger partial charge in [0.25, 0.3) is 0 Å². The quantitative estimate of drug-likeness (QED) is 0.752. The lowest BCUT2D eigenvalue weighted by Gasteiger charge is -2.13. The molecule has 0 aromatic heterocycles. The third kappa shape index (κ3) is 3.16. The molecule has 0 saturated heterocycles. The SMILES string of the molecule is COC(=O)C(F)(F)Cc1ccc(Cl)cc1. The molecule has 0 spiro atoms. The molecule has 0 amide bonds. The number of benzene rings is 1. The molecular weight excluding hydrogens is 226 g/mol. The second kappa shape index (κ2) is 4.57. The van der Waals surface area contributed by atoms with Crippen LogP contribution in [0.2, 0.25) is 5.02 Å². The van der Waals surface area contributed by atoms with E-state index >= 15 is 0 Å². The summed E-state index contributed by atoms with van der Waals surface area (Å²) in [5.74, 6) is -5.03. The second-order valence-corrected chi connectivity index (χ2v) is 3.44. The van der Waals surface area contributed by atoms with E-state index in [9.17, 15) is 13.6 Å². The molecule has 5 heteroatoms. The molecule has 0 aliphatic carbocycles. The van der Waals surface area contributed by atoms with E-state index in [-0.39, 0.29) is 0 Å². The maximum Gasteiger partial charge on any atom is 0.377 e. The molecule has 0 aliphatic rings. The van der Waals surface area contributed by atoms with Crippen molar-refractivity contribution in [3.05, 3.63) is 34.9 Å². The van der Waals surface area contributed by atoms with Gasteiger partial charge in [-0.25, -0.2) is 4.79 Å². The molecule has 0 atom stereocenters. The van der Waals surface area contributed by atoms with Crippen molar-refractivity contribution in [1.82, 2.24) is 0 Å². The summed E-state index contributed by atoms with van der Waals surface area (Å²) in [5, 5.41) is 0.458. The van der Waals surface area contributed by atoms with Gasteiger partial charge < -0.3 is 4.74 Å². The van der Waals surface area contributed by atoms with E-state index in [4.69, 9.17) is 11.6 Å². The van der Waals surface area contributed by atoms with E-state index in [2.05, 4.69) is 4.74 Å². The number of rotatable bonds is 3. The number of halogens is 3. The van der Waals surface area contributed by atoms with Gasteiger partial charge in [-0.3, -0.25) is 0 Å². The van der Waals surface area contributed by atoms with E-state index in [0.717, 1.165) is 7.11 Å². The van der Waals surface area contributed by atoms with Gasteiger partial charge in [-0.05, 0) is 17.7 Å². The van der Waals surface area contributed by atoms with Crippen LogP contribution in [0.15, 0.2) is 24.3 Å². The molecule has 0 bridgehead atoms. The van der Waals surface area contributed by atoms with Crippen molar-refractivity contribution < 1.29 is 18.3 Å². The number of carbonyl (C=O) groups is 1. The van der Waals surface area contributed by atoms with Gasteiger partial charge in [0, 0.05) is 11.4 Å². The van der Waals surface area contributed by atoms with Crippen molar-refractivity contribution in [1.29, 1.82) is 0 Å². The normalized spacial score (nSPS) is 11.2. The van der Waals surface area contributed by atoms with Crippen LogP contribution >= 0.6 is 11.6 Å². The summed E-state index contributed by atoms with van der Waals surface area (Å²) in [4.78, 5) is 10.7. The number of methoxy groups -OCH3 is 1. The van der Waals surface area contributed by atoms with Crippen molar-refractivity contribution in [3.8, 4) is 0 Å². The van der Waals surface area contributed by atoms with Crippen LogP contribution in [0.4, 0.5) is 8.78 Å². The molecule has 0 radical (unpaired) electrons. The van der Waals surface area contributed by atoms with Crippen molar-refractivity contribution in [2.45, 2.75) is 12.3 Å². The molecule has 1 rings (SSSR count). The van der Waals surface area contributed by atoms with Gasteiger partial charge in [0.15, 0.2) is 0 Å². The highest BCUT2D eigenvalue weighted by Gasteiger charge is 2.40. The van der Waals surface area contributed by atoms with Crippen LogP contribution in [0.5, 0.6) is 0 Å². The average molecular weight is 235 g/mol. The maximum atomic E-state index is 13.1. The molecule has 0 fully saturated rings. The Kier molecular flexibility index (Phi) is 3.63. The molecule has 0 heterocycles. The van der Waals surface area contributed by atoms with Crippen LogP contribution in [0.3, 0.4) is 0 Å². The Labute approximate surface area is 90.8 Å². The third-order valence-electron chi connectivity index (χ3n) is 1.82. The lowest BCUT2D eigenvalue weighted by Crippen LogP contribution is -2.32. The molecule has 82 valence electrons.